The Morgan fingerprint density at radius 1 is 1.33 bits per heavy atom. The summed E-state index contributed by atoms with van der Waals surface area (Å²) in [6, 6.07) is 3.47. The topological polar surface area (TPSA) is 47.6 Å². The van der Waals surface area contributed by atoms with E-state index in [1.807, 2.05) is 0 Å². The first-order valence-corrected chi connectivity index (χ1v) is 6.59. The molecule has 0 aliphatic heterocycles. The minimum atomic E-state index is 0.00338. The lowest BCUT2D eigenvalue weighted by Crippen LogP contribution is -2.24. The highest BCUT2D eigenvalue weighted by Crippen LogP contribution is 2.37. The number of nitrogens with one attached hydrogen (secondary N) is 1. The van der Waals surface area contributed by atoms with Gasteiger partial charge in [-0.25, -0.2) is 0 Å². The first-order chi connectivity index (χ1) is 8.65. The molecule has 0 radical (unpaired) electrons. The molecule has 0 aliphatic rings. The average molecular weight is 316 g/mol. The zero-order valence-corrected chi connectivity index (χ0v) is 12.5. The number of Topliss-reactive ketones (excluding diaryl/α,β-unsaturated/α-hetero) is 1. The number of halogens is 1. The molecule has 5 heteroatoms. The Hall–Kier alpha value is -1.07. The fourth-order valence-electron chi connectivity index (χ4n) is 1.59. The Bertz CT molecular complexity index is 421. The minimum Gasteiger partial charge on any atom is -0.495 e. The number of methoxy groups -OCH3 is 2. The standard InChI is InChI=1S/C13H18BrNO3/c1-4-7-15-8-10(16)9-5-6-11(17-2)12(14)13(9)18-3/h5-6,15H,4,7-8H2,1-3H3. The third-order valence-electron chi connectivity index (χ3n) is 2.50. The largest absolute Gasteiger partial charge is 0.495 e. The quantitative estimate of drug-likeness (QED) is 0.620. The lowest BCUT2D eigenvalue weighted by molar-refractivity contribution is 0.0988. The highest BCUT2D eigenvalue weighted by molar-refractivity contribution is 9.10. The van der Waals surface area contributed by atoms with Crippen LogP contribution in [-0.4, -0.2) is 33.1 Å². The molecule has 1 N–H and O–H groups in total. The SMILES string of the molecule is CCCNCC(=O)c1ccc(OC)c(Br)c1OC. The van der Waals surface area contributed by atoms with E-state index >= 15 is 0 Å². The molecule has 0 unspecified atom stereocenters. The highest BCUT2D eigenvalue weighted by atomic mass is 79.9. The zero-order chi connectivity index (χ0) is 13.5. The molecule has 1 rings (SSSR count). The van der Waals surface area contributed by atoms with Crippen LogP contribution in [0.5, 0.6) is 11.5 Å². The predicted molar refractivity (Wildman–Crippen MR) is 74.7 cm³/mol. The molecule has 18 heavy (non-hydrogen) atoms. The fraction of sp³-hybridized carbons (Fsp3) is 0.462. The van der Waals surface area contributed by atoms with Crippen molar-refractivity contribution in [3.05, 3.63) is 22.2 Å². The van der Waals surface area contributed by atoms with Crippen molar-refractivity contribution < 1.29 is 14.3 Å². The maximum absolute atomic E-state index is 12.0. The Balaban J connectivity index is 2.94. The number of ketones is 1. The van der Waals surface area contributed by atoms with Crippen molar-refractivity contribution in [2.24, 2.45) is 0 Å². The van der Waals surface area contributed by atoms with Crippen LogP contribution in [0.1, 0.15) is 23.7 Å². The number of carbonyl (C=O) groups is 1. The van der Waals surface area contributed by atoms with Crippen LogP contribution in [0.25, 0.3) is 0 Å². The van der Waals surface area contributed by atoms with Crippen molar-refractivity contribution in [2.45, 2.75) is 13.3 Å². The van der Waals surface area contributed by atoms with Crippen LogP contribution < -0.4 is 14.8 Å². The van der Waals surface area contributed by atoms with Crippen LogP contribution in [0, 0.1) is 0 Å². The van der Waals surface area contributed by atoms with Gasteiger partial charge in [-0.05, 0) is 41.0 Å². The van der Waals surface area contributed by atoms with Crippen LogP contribution in [0.2, 0.25) is 0 Å². The van der Waals surface area contributed by atoms with Crippen LogP contribution in [-0.2, 0) is 0 Å². The number of benzene rings is 1. The second kappa shape index (κ2) is 7.38. The van der Waals surface area contributed by atoms with Crippen LogP contribution in [0.15, 0.2) is 16.6 Å². The Labute approximate surface area is 116 Å². The molecule has 1 aromatic carbocycles. The molecule has 0 atom stereocenters. The molecule has 0 saturated carbocycles. The number of hydrogen-bond donors (Lipinski definition) is 1. The first-order valence-electron chi connectivity index (χ1n) is 5.80. The predicted octanol–water partition coefficient (Wildman–Crippen LogP) is 2.65. The first kappa shape index (κ1) is 15.0. The molecule has 0 heterocycles. The van der Waals surface area contributed by atoms with E-state index in [1.165, 1.54) is 7.11 Å². The summed E-state index contributed by atoms with van der Waals surface area (Å²) in [6.45, 7) is 3.19. The molecule has 4 nitrogen and oxygen atoms in total. The lowest BCUT2D eigenvalue weighted by atomic mass is 10.1. The summed E-state index contributed by atoms with van der Waals surface area (Å²) in [5.74, 6) is 1.16. The summed E-state index contributed by atoms with van der Waals surface area (Å²) >= 11 is 3.38. The third kappa shape index (κ3) is 3.46. The van der Waals surface area contributed by atoms with Gasteiger partial charge in [-0.1, -0.05) is 6.92 Å². The smallest absolute Gasteiger partial charge is 0.180 e. The second-order valence-corrected chi connectivity index (χ2v) is 4.56. The maximum Gasteiger partial charge on any atom is 0.180 e. The van der Waals surface area contributed by atoms with Gasteiger partial charge < -0.3 is 14.8 Å². The second-order valence-electron chi connectivity index (χ2n) is 3.76. The number of rotatable bonds is 7. The van der Waals surface area contributed by atoms with Gasteiger partial charge >= 0.3 is 0 Å². The van der Waals surface area contributed by atoms with Crippen molar-refractivity contribution in [3.8, 4) is 11.5 Å². The molecular weight excluding hydrogens is 298 g/mol. The van der Waals surface area contributed by atoms with E-state index in [0.29, 0.717) is 28.1 Å². The van der Waals surface area contributed by atoms with Crippen molar-refractivity contribution >= 4 is 21.7 Å². The van der Waals surface area contributed by atoms with Gasteiger partial charge in [-0.3, -0.25) is 4.79 Å². The van der Waals surface area contributed by atoms with E-state index in [0.717, 1.165) is 13.0 Å². The Kier molecular flexibility index (Phi) is 6.15. The van der Waals surface area contributed by atoms with Crippen molar-refractivity contribution in [3.63, 3.8) is 0 Å². The number of hydrogen-bond acceptors (Lipinski definition) is 4. The van der Waals surface area contributed by atoms with E-state index in [2.05, 4.69) is 28.2 Å². The monoisotopic (exact) mass is 315 g/mol. The average Bonchev–Trinajstić information content (AvgIpc) is 2.38. The molecule has 0 aliphatic carbocycles. The van der Waals surface area contributed by atoms with Gasteiger partial charge in [0.2, 0.25) is 0 Å². The zero-order valence-electron chi connectivity index (χ0n) is 10.9. The normalized spacial score (nSPS) is 10.2. The molecule has 0 aromatic heterocycles. The Morgan fingerprint density at radius 3 is 2.61 bits per heavy atom. The van der Waals surface area contributed by atoms with E-state index in [-0.39, 0.29) is 5.78 Å². The van der Waals surface area contributed by atoms with E-state index in [1.54, 1.807) is 19.2 Å². The summed E-state index contributed by atoms with van der Waals surface area (Å²) in [4.78, 5) is 12.0. The Morgan fingerprint density at radius 2 is 2.06 bits per heavy atom. The number of ether oxygens (including phenoxy) is 2. The van der Waals surface area contributed by atoms with Crippen LogP contribution in [0.4, 0.5) is 0 Å². The summed E-state index contributed by atoms with van der Waals surface area (Å²) < 4.78 is 11.1. The summed E-state index contributed by atoms with van der Waals surface area (Å²) in [5, 5.41) is 3.08. The molecule has 100 valence electrons. The fourth-order valence-corrected chi connectivity index (χ4v) is 2.26. The summed E-state index contributed by atoms with van der Waals surface area (Å²) in [7, 11) is 3.11. The number of carbonyl (C=O) groups excluding carboxylic acids is 1. The third-order valence-corrected chi connectivity index (χ3v) is 3.25. The lowest BCUT2D eigenvalue weighted by Gasteiger charge is -2.12. The highest BCUT2D eigenvalue weighted by Gasteiger charge is 2.17. The van der Waals surface area contributed by atoms with Gasteiger partial charge in [0.15, 0.2) is 5.78 Å². The maximum atomic E-state index is 12.0. The van der Waals surface area contributed by atoms with Crippen LogP contribution >= 0.6 is 15.9 Å². The van der Waals surface area contributed by atoms with Crippen molar-refractivity contribution in [2.75, 3.05) is 27.3 Å². The van der Waals surface area contributed by atoms with Gasteiger partial charge in [0.1, 0.15) is 16.0 Å². The van der Waals surface area contributed by atoms with Gasteiger partial charge in [-0.15, -0.1) is 0 Å². The van der Waals surface area contributed by atoms with Crippen molar-refractivity contribution in [1.29, 1.82) is 0 Å². The van der Waals surface area contributed by atoms with E-state index in [4.69, 9.17) is 9.47 Å². The van der Waals surface area contributed by atoms with Crippen molar-refractivity contribution in [1.82, 2.24) is 5.32 Å². The van der Waals surface area contributed by atoms with E-state index in [9.17, 15) is 4.79 Å². The molecule has 0 amide bonds. The molecule has 1 aromatic rings. The molecule has 0 fully saturated rings. The summed E-state index contributed by atoms with van der Waals surface area (Å²) in [5.41, 5.74) is 0.550. The van der Waals surface area contributed by atoms with Gasteiger partial charge in [0, 0.05) is 0 Å². The van der Waals surface area contributed by atoms with E-state index < -0.39 is 0 Å². The molecule has 0 spiro atoms. The minimum absolute atomic E-state index is 0.00338. The van der Waals surface area contributed by atoms with Gasteiger partial charge in [0.05, 0.1) is 26.3 Å². The molecular formula is C13H18BrNO3. The molecule has 0 bridgehead atoms. The van der Waals surface area contributed by atoms with Gasteiger partial charge in [0.25, 0.3) is 0 Å². The molecule has 0 saturated heterocycles. The summed E-state index contributed by atoms with van der Waals surface area (Å²) in [6.07, 6.45) is 0.997. The van der Waals surface area contributed by atoms with Gasteiger partial charge in [-0.2, -0.15) is 0 Å². The van der Waals surface area contributed by atoms with Crippen LogP contribution in [0.3, 0.4) is 0 Å².